The molecule has 2 rings (SSSR count). The molecule has 0 bridgehead atoms. The van der Waals surface area contributed by atoms with Crippen molar-refractivity contribution in [3.63, 3.8) is 0 Å². The summed E-state index contributed by atoms with van der Waals surface area (Å²) >= 11 is 0. The van der Waals surface area contributed by atoms with E-state index < -0.39 is 0 Å². The van der Waals surface area contributed by atoms with Crippen LogP contribution in [0.25, 0.3) is 0 Å². The van der Waals surface area contributed by atoms with Gasteiger partial charge in [0.25, 0.3) is 0 Å². The van der Waals surface area contributed by atoms with Gasteiger partial charge >= 0.3 is 0 Å². The highest BCUT2D eigenvalue weighted by atomic mass is 16.5. The molecular weight excluding hydrogens is 262 g/mol. The lowest BCUT2D eigenvalue weighted by Gasteiger charge is -2.16. The Bertz CT molecular complexity index is 550. The van der Waals surface area contributed by atoms with E-state index >= 15 is 0 Å². The molecule has 2 aromatic rings. The molecule has 0 fully saturated rings. The van der Waals surface area contributed by atoms with Gasteiger partial charge in [-0.15, -0.1) is 0 Å². The van der Waals surface area contributed by atoms with Crippen LogP contribution in [-0.2, 0) is 19.6 Å². The van der Waals surface area contributed by atoms with Crippen LogP contribution in [0.5, 0.6) is 0 Å². The summed E-state index contributed by atoms with van der Waals surface area (Å²) in [4.78, 5) is 2.24. The topological polar surface area (TPSA) is 41.3 Å². The molecule has 0 radical (unpaired) electrons. The maximum Gasteiger partial charge on any atom is 0.151 e. The zero-order chi connectivity index (χ0) is 15.1. The van der Waals surface area contributed by atoms with Crippen molar-refractivity contribution in [2.24, 2.45) is 0 Å². The minimum atomic E-state index is 0.773. The van der Waals surface area contributed by atoms with Gasteiger partial charge in [-0.25, -0.2) is 0 Å². The van der Waals surface area contributed by atoms with Crippen molar-refractivity contribution in [1.29, 1.82) is 0 Å². The molecular formula is C17H25N3O. The molecule has 4 heteroatoms. The van der Waals surface area contributed by atoms with E-state index in [1.807, 2.05) is 6.07 Å². The van der Waals surface area contributed by atoms with Crippen LogP contribution in [0.15, 0.2) is 34.9 Å². The molecule has 0 atom stereocenters. The Hall–Kier alpha value is -1.65. The van der Waals surface area contributed by atoms with Crippen molar-refractivity contribution in [3.05, 3.63) is 52.9 Å². The lowest BCUT2D eigenvalue weighted by atomic mass is 10.1. The molecule has 1 N–H and O–H groups in total. The first-order chi connectivity index (χ1) is 10.2. The molecule has 0 aliphatic heterocycles. The van der Waals surface area contributed by atoms with Gasteiger partial charge in [-0.1, -0.05) is 36.3 Å². The van der Waals surface area contributed by atoms with Gasteiger partial charge < -0.3 is 9.84 Å². The second kappa shape index (κ2) is 7.96. The van der Waals surface area contributed by atoms with E-state index in [-0.39, 0.29) is 0 Å². The van der Waals surface area contributed by atoms with Crippen molar-refractivity contribution in [1.82, 2.24) is 15.4 Å². The summed E-state index contributed by atoms with van der Waals surface area (Å²) in [5, 5.41) is 7.43. The van der Waals surface area contributed by atoms with Crippen LogP contribution in [0.3, 0.4) is 0 Å². The van der Waals surface area contributed by atoms with Gasteiger partial charge in [0.15, 0.2) is 5.76 Å². The van der Waals surface area contributed by atoms with Gasteiger partial charge in [0.1, 0.15) is 0 Å². The van der Waals surface area contributed by atoms with E-state index in [1.165, 1.54) is 11.1 Å². The number of nitrogens with one attached hydrogen (secondary N) is 1. The largest absolute Gasteiger partial charge is 0.360 e. The van der Waals surface area contributed by atoms with Crippen LogP contribution in [0.1, 0.15) is 35.9 Å². The summed E-state index contributed by atoms with van der Waals surface area (Å²) in [7, 11) is 2.10. The van der Waals surface area contributed by atoms with Gasteiger partial charge in [0.05, 0.1) is 12.2 Å². The van der Waals surface area contributed by atoms with Crippen molar-refractivity contribution >= 4 is 0 Å². The number of aromatic nitrogens is 1. The van der Waals surface area contributed by atoms with E-state index in [0.29, 0.717) is 0 Å². The highest BCUT2D eigenvalue weighted by Crippen LogP contribution is 2.12. The minimum absolute atomic E-state index is 0.773. The minimum Gasteiger partial charge on any atom is -0.360 e. The highest BCUT2D eigenvalue weighted by molar-refractivity contribution is 5.25. The number of aryl methyl sites for hydroxylation is 1. The summed E-state index contributed by atoms with van der Waals surface area (Å²) in [6.07, 6.45) is 1.13. The van der Waals surface area contributed by atoms with Crippen LogP contribution < -0.4 is 5.32 Å². The van der Waals surface area contributed by atoms with Crippen molar-refractivity contribution in [3.8, 4) is 0 Å². The van der Waals surface area contributed by atoms with Crippen LogP contribution in [0.4, 0.5) is 0 Å². The van der Waals surface area contributed by atoms with E-state index in [0.717, 1.165) is 44.1 Å². The smallest absolute Gasteiger partial charge is 0.151 e. The van der Waals surface area contributed by atoms with Gasteiger partial charge in [0, 0.05) is 19.2 Å². The molecule has 21 heavy (non-hydrogen) atoms. The zero-order valence-corrected chi connectivity index (χ0v) is 13.2. The molecule has 0 aliphatic rings. The average molecular weight is 287 g/mol. The first-order valence-electron chi connectivity index (χ1n) is 7.57. The maximum atomic E-state index is 5.40. The van der Waals surface area contributed by atoms with Crippen molar-refractivity contribution < 1.29 is 4.52 Å². The Labute approximate surface area is 127 Å². The Balaban J connectivity index is 1.85. The van der Waals surface area contributed by atoms with Crippen molar-refractivity contribution in [2.75, 3.05) is 13.6 Å². The molecule has 4 nitrogen and oxygen atoms in total. The standard InChI is InChI=1S/C17H25N3O/c1-4-9-18-11-16-10-17(21-19-16)13-20(3)12-15-8-6-5-7-14(15)2/h5-8,10,18H,4,9,11-13H2,1-3H3. The number of benzene rings is 1. The van der Waals surface area contributed by atoms with Crippen LogP contribution in [0.2, 0.25) is 0 Å². The highest BCUT2D eigenvalue weighted by Gasteiger charge is 2.08. The molecule has 1 aromatic carbocycles. The number of hydrogen-bond acceptors (Lipinski definition) is 4. The van der Waals surface area contributed by atoms with Gasteiger partial charge in [-0.05, 0) is 38.1 Å². The SMILES string of the molecule is CCCNCc1cc(CN(C)Cc2ccccc2C)on1. The molecule has 114 valence electrons. The fourth-order valence-corrected chi connectivity index (χ4v) is 2.31. The lowest BCUT2D eigenvalue weighted by Crippen LogP contribution is -2.17. The molecule has 0 saturated carbocycles. The van der Waals surface area contributed by atoms with Crippen molar-refractivity contribution in [2.45, 2.75) is 39.9 Å². The molecule has 1 heterocycles. The third kappa shape index (κ3) is 4.99. The van der Waals surface area contributed by atoms with E-state index in [4.69, 9.17) is 4.52 Å². The average Bonchev–Trinajstić information content (AvgIpc) is 2.89. The summed E-state index contributed by atoms with van der Waals surface area (Å²) in [6, 6.07) is 10.5. The second-order valence-corrected chi connectivity index (χ2v) is 5.56. The molecule has 1 aromatic heterocycles. The summed E-state index contributed by atoms with van der Waals surface area (Å²) in [5.74, 6) is 0.916. The molecule has 0 aliphatic carbocycles. The van der Waals surface area contributed by atoms with Crippen LogP contribution in [0, 0.1) is 6.92 Å². The predicted octanol–water partition coefficient (Wildman–Crippen LogP) is 3.11. The van der Waals surface area contributed by atoms with Gasteiger partial charge in [0.2, 0.25) is 0 Å². The zero-order valence-electron chi connectivity index (χ0n) is 13.2. The quantitative estimate of drug-likeness (QED) is 0.757. The molecule has 0 saturated heterocycles. The fraction of sp³-hybridized carbons (Fsp3) is 0.471. The first-order valence-corrected chi connectivity index (χ1v) is 7.57. The molecule has 0 amide bonds. The number of nitrogens with zero attached hydrogens (tertiary/aromatic N) is 2. The third-order valence-electron chi connectivity index (χ3n) is 3.47. The Morgan fingerprint density at radius 1 is 1.24 bits per heavy atom. The van der Waals surface area contributed by atoms with Gasteiger partial charge in [-0.3, -0.25) is 4.90 Å². The van der Waals surface area contributed by atoms with Crippen LogP contribution >= 0.6 is 0 Å². The summed E-state index contributed by atoms with van der Waals surface area (Å²) in [6.45, 7) is 7.77. The summed E-state index contributed by atoms with van der Waals surface area (Å²) in [5.41, 5.74) is 3.65. The predicted molar refractivity (Wildman–Crippen MR) is 84.9 cm³/mol. The normalized spacial score (nSPS) is 11.2. The monoisotopic (exact) mass is 287 g/mol. The second-order valence-electron chi connectivity index (χ2n) is 5.56. The fourth-order valence-electron chi connectivity index (χ4n) is 2.31. The Kier molecular flexibility index (Phi) is 5.96. The van der Waals surface area contributed by atoms with Gasteiger partial charge in [-0.2, -0.15) is 0 Å². The number of rotatable bonds is 8. The van der Waals surface area contributed by atoms with E-state index in [9.17, 15) is 0 Å². The van der Waals surface area contributed by atoms with E-state index in [1.54, 1.807) is 0 Å². The Morgan fingerprint density at radius 2 is 2.05 bits per heavy atom. The third-order valence-corrected chi connectivity index (χ3v) is 3.47. The maximum absolute atomic E-state index is 5.40. The Morgan fingerprint density at radius 3 is 2.81 bits per heavy atom. The lowest BCUT2D eigenvalue weighted by molar-refractivity contribution is 0.265. The molecule has 0 unspecified atom stereocenters. The van der Waals surface area contributed by atoms with Crippen LogP contribution in [-0.4, -0.2) is 23.6 Å². The summed E-state index contributed by atoms with van der Waals surface area (Å²) < 4.78 is 5.40. The van der Waals surface area contributed by atoms with E-state index in [2.05, 4.69) is 60.5 Å². The first kappa shape index (κ1) is 15.7. The molecule has 0 spiro atoms. The number of hydrogen-bond donors (Lipinski definition) is 1.